The van der Waals surface area contributed by atoms with Gasteiger partial charge in [-0.15, -0.1) is 0 Å². The van der Waals surface area contributed by atoms with Crippen LogP contribution in [0.5, 0.6) is 0 Å². The third kappa shape index (κ3) is 1.44. The number of likely N-dealkylation sites (tertiary alicyclic amines) is 1. The predicted octanol–water partition coefficient (Wildman–Crippen LogP) is -0.484. The third-order valence-corrected chi connectivity index (χ3v) is 1.66. The van der Waals surface area contributed by atoms with Gasteiger partial charge in [0.2, 0.25) is 5.91 Å². The van der Waals surface area contributed by atoms with Crippen LogP contribution < -0.4 is 5.73 Å². The first-order valence-corrected chi connectivity index (χ1v) is 3.36. The topological polar surface area (TPSA) is 46.3 Å². The Kier molecular flexibility index (Phi) is 2.21. The summed E-state index contributed by atoms with van der Waals surface area (Å²) in [5.41, 5.74) is 5.08. The number of hydrogen-bond donors (Lipinski definition) is 1. The Bertz CT molecular complexity index is 140. The van der Waals surface area contributed by atoms with E-state index in [2.05, 4.69) is 0 Å². The van der Waals surface area contributed by atoms with Crippen LogP contribution >= 0.6 is 0 Å². The molecular weight excluding hydrogens is 135 g/mol. The molecule has 1 fully saturated rings. The molecule has 1 aliphatic heterocycles. The molecule has 1 heterocycles. The summed E-state index contributed by atoms with van der Waals surface area (Å²) in [6.45, 7) is 0.750. The van der Waals surface area contributed by atoms with Crippen molar-refractivity contribution in [1.82, 2.24) is 4.90 Å². The molecule has 0 bridgehead atoms. The fourth-order valence-electron chi connectivity index (χ4n) is 1.07. The van der Waals surface area contributed by atoms with Gasteiger partial charge in [-0.1, -0.05) is 0 Å². The number of nitrogens with zero attached hydrogens (tertiary/aromatic N) is 1. The Morgan fingerprint density at radius 1 is 1.80 bits per heavy atom. The summed E-state index contributed by atoms with van der Waals surface area (Å²) >= 11 is 0. The number of alkyl halides is 1. The van der Waals surface area contributed by atoms with E-state index < -0.39 is 6.17 Å². The van der Waals surface area contributed by atoms with Crippen LogP contribution in [0.1, 0.15) is 6.42 Å². The van der Waals surface area contributed by atoms with E-state index >= 15 is 0 Å². The standard InChI is InChI=1S/C6H11FN2O/c7-5-1-2-9(4-5)6(10)3-8/h5H,1-4,8H2. The zero-order valence-electron chi connectivity index (χ0n) is 5.72. The molecule has 0 aliphatic carbocycles. The van der Waals surface area contributed by atoms with Crippen molar-refractivity contribution in [1.29, 1.82) is 0 Å². The van der Waals surface area contributed by atoms with E-state index in [1.54, 1.807) is 0 Å². The molecule has 0 saturated carbocycles. The van der Waals surface area contributed by atoms with Gasteiger partial charge in [-0.05, 0) is 6.42 Å². The van der Waals surface area contributed by atoms with Gasteiger partial charge in [0.1, 0.15) is 6.17 Å². The number of rotatable bonds is 1. The highest BCUT2D eigenvalue weighted by atomic mass is 19.1. The van der Waals surface area contributed by atoms with Crippen LogP contribution in [-0.4, -0.2) is 36.6 Å². The molecule has 1 aliphatic rings. The van der Waals surface area contributed by atoms with E-state index in [9.17, 15) is 9.18 Å². The van der Waals surface area contributed by atoms with Gasteiger partial charge in [-0.3, -0.25) is 4.79 Å². The molecule has 1 atom stereocenters. The maximum atomic E-state index is 12.4. The quantitative estimate of drug-likeness (QED) is 0.543. The monoisotopic (exact) mass is 146 g/mol. The molecular formula is C6H11FN2O. The summed E-state index contributed by atoms with van der Waals surface area (Å²) < 4.78 is 12.4. The van der Waals surface area contributed by atoms with Crippen molar-refractivity contribution >= 4 is 5.91 Å². The SMILES string of the molecule is NCC(=O)N1CCC(F)C1. The Labute approximate surface area is 59.0 Å². The molecule has 1 saturated heterocycles. The van der Waals surface area contributed by atoms with Crippen LogP contribution in [0.15, 0.2) is 0 Å². The van der Waals surface area contributed by atoms with Crippen molar-refractivity contribution in [2.24, 2.45) is 5.73 Å². The molecule has 0 aromatic heterocycles. The second-order valence-electron chi connectivity index (χ2n) is 2.43. The van der Waals surface area contributed by atoms with Crippen LogP contribution in [0.2, 0.25) is 0 Å². The van der Waals surface area contributed by atoms with E-state index in [0.29, 0.717) is 13.0 Å². The second kappa shape index (κ2) is 2.96. The molecule has 1 unspecified atom stereocenters. The molecule has 0 spiro atoms. The molecule has 1 amide bonds. The molecule has 10 heavy (non-hydrogen) atoms. The first-order chi connectivity index (χ1) is 4.74. The fraction of sp³-hybridized carbons (Fsp3) is 0.833. The van der Waals surface area contributed by atoms with Crippen molar-refractivity contribution in [3.63, 3.8) is 0 Å². The Balaban J connectivity index is 2.37. The Morgan fingerprint density at radius 2 is 2.50 bits per heavy atom. The number of amides is 1. The highest BCUT2D eigenvalue weighted by molar-refractivity contribution is 5.78. The smallest absolute Gasteiger partial charge is 0.236 e. The van der Waals surface area contributed by atoms with E-state index in [-0.39, 0.29) is 19.0 Å². The van der Waals surface area contributed by atoms with Gasteiger partial charge in [0, 0.05) is 6.54 Å². The Morgan fingerprint density at radius 3 is 2.90 bits per heavy atom. The number of hydrogen-bond acceptors (Lipinski definition) is 2. The third-order valence-electron chi connectivity index (χ3n) is 1.66. The van der Waals surface area contributed by atoms with Crippen LogP contribution in [0.3, 0.4) is 0 Å². The predicted molar refractivity (Wildman–Crippen MR) is 35.1 cm³/mol. The zero-order chi connectivity index (χ0) is 7.56. The fourth-order valence-corrected chi connectivity index (χ4v) is 1.07. The lowest BCUT2D eigenvalue weighted by Crippen LogP contribution is -2.34. The molecule has 1 rings (SSSR count). The highest BCUT2D eigenvalue weighted by Gasteiger charge is 2.24. The lowest BCUT2D eigenvalue weighted by atomic mass is 10.3. The first kappa shape index (κ1) is 7.47. The molecule has 4 heteroatoms. The van der Waals surface area contributed by atoms with Crippen molar-refractivity contribution in [3.8, 4) is 0 Å². The molecule has 0 radical (unpaired) electrons. The van der Waals surface area contributed by atoms with Crippen molar-refractivity contribution in [2.75, 3.05) is 19.6 Å². The van der Waals surface area contributed by atoms with E-state index in [1.807, 2.05) is 0 Å². The van der Waals surface area contributed by atoms with Crippen molar-refractivity contribution < 1.29 is 9.18 Å². The van der Waals surface area contributed by atoms with E-state index in [1.165, 1.54) is 4.90 Å². The van der Waals surface area contributed by atoms with Gasteiger partial charge in [0.15, 0.2) is 0 Å². The lowest BCUT2D eigenvalue weighted by Gasteiger charge is -2.12. The number of carbonyl (C=O) groups excluding carboxylic acids is 1. The lowest BCUT2D eigenvalue weighted by molar-refractivity contribution is -0.128. The minimum Gasteiger partial charge on any atom is -0.339 e. The summed E-state index contributed by atoms with van der Waals surface area (Å²) in [6.07, 6.45) is -0.373. The average Bonchev–Trinajstić information content (AvgIpc) is 2.34. The number of halogens is 1. The first-order valence-electron chi connectivity index (χ1n) is 3.36. The minimum absolute atomic E-state index is 0.00722. The summed E-state index contributed by atoms with van der Waals surface area (Å²) in [6, 6.07) is 0. The average molecular weight is 146 g/mol. The van der Waals surface area contributed by atoms with Gasteiger partial charge in [-0.25, -0.2) is 4.39 Å². The van der Waals surface area contributed by atoms with Crippen LogP contribution in [0.4, 0.5) is 4.39 Å². The largest absolute Gasteiger partial charge is 0.339 e. The molecule has 3 nitrogen and oxygen atoms in total. The zero-order valence-corrected chi connectivity index (χ0v) is 5.72. The maximum absolute atomic E-state index is 12.4. The van der Waals surface area contributed by atoms with E-state index in [4.69, 9.17) is 5.73 Å². The second-order valence-corrected chi connectivity index (χ2v) is 2.43. The summed E-state index contributed by atoms with van der Waals surface area (Å²) in [5.74, 6) is -0.153. The Hall–Kier alpha value is -0.640. The minimum atomic E-state index is -0.838. The van der Waals surface area contributed by atoms with Crippen LogP contribution in [0, 0.1) is 0 Å². The highest BCUT2D eigenvalue weighted by Crippen LogP contribution is 2.11. The normalized spacial score (nSPS) is 25.4. The van der Waals surface area contributed by atoms with Gasteiger partial charge in [0.05, 0.1) is 13.1 Å². The maximum Gasteiger partial charge on any atom is 0.236 e. The van der Waals surface area contributed by atoms with Gasteiger partial charge in [-0.2, -0.15) is 0 Å². The molecule has 0 aromatic carbocycles. The van der Waals surface area contributed by atoms with Gasteiger partial charge >= 0.3 is 0 Å². The summed E-state index contributed by atoms with van der Waals surface area (Å²) in [5, 5.41) is 0. The molecule has 58 valence electrons. The van der Waals surface area contributed by atoms with Crippen molar-refractivity contribution in [2.45, 2.75) is 12.6 Å². The number of nitrogens with two attached hydrogens (primary N) is 1. The van der Waals surface area contributed by atoms with E-state index in [0.717, 1.165) is 0 Å². The van der Waals surface area contributed by atoms with Crippen LogP contribution in [-0.2, 0) is 4.79 Å². The van der Waals surface area contributed by atoms with Crippen molar-refractivity contribution in [3.05, 3.63) is 0 Å². The van der Waals surface area contributed by atoms with Gasteiger partial charge < -0.3 is 10.6 Å². The van der Waals surface area contributed by atoms with Crippen LogP contribution in [0.25, 0.3) is 0 Å². The molecule has 0 aromatic rings. The summed E-state index contributed by atoms with van der Waals surface area (Å²) in [7, 11) is 0. The molecule has 2 N–H and O–H groups in total. The number of carbonyl (C=O) groups is 1. The summed E-state index contributed by atoms with van der Waals surface area (Å²) in [4.78, 5) is 12.3. The van der Waals surface area contributed by atoms with Gasteiger partial charge in [0.25, 0.3) is 0 Å².